The first kappa shape index (κ1) is 20.0. The lowest BCUT2D eigenvalue weighted by molar-refractivity contribution is -0.114. The van der Waals surface area contributed by atoms with Crippen LogP contribution in [0.3, 0.4) is 0 Å². The summed E-state index contributed by atoms with van der Waals surface area (Å²) in [7, 11) is 0. The lowest BCUT2D eigenvalue weighted by Crippen LogP contribution is -2.16. The molecule has 148 valence electrons. The molecule has 0 saturated carbocycles. The maximum atomic E-state index is 12.7. The molecule has 0 fully saturated rings. The number of aromatic nitrogens is 2. The van der Waals surface area contributed by atoms with Crippen LogP contribution in [0.15, 0.2) is 48.5 Å². The summed E-state index contributed by atoms with van der Waals surface area (Å²) in [5, 5.41) is 8.76. The minimum atomic E-state index is -0.362. The summed E-state index contributed by atoms with van der Waals surface area (Å²) in [6.45, 7) is 7.19. The van der Waals surface area contributed by atoms with Gasteiger partial charge in [0.15, 0.2) is 0 Å². The normalized spacial score (nSPS) is 10.3. The van der Waals surface area contributed by atoms with Gasteiger partial charge in [0.2, 0.25) is 5.91 Å². The number of hydrogen-bond acceptors (Lipinski definition) is 5. The van der Waals surface area contributed by atoms with Gasteiger partial charge in [-0.2, -0.15) is 0 Å². The largest absolute Gasteiger partial charge is 0.340 e. The molecule has 0 aliphatic carbocycles. The SMILES string of the molecule is CC(=O)Nc1cccc(NC(=O)c2cc(Nc3cc(C)ccc3C)nc(C)n2)c1. The number of carbonyl (C=O) groups excluding carboxylic acids is 2. The molecule has 0 atom stereocenters. The minimum absolute atomic E-state index is 0.179. The van der Waals surface area contributed by atoms with Crippen LogP contribution in [0.5, 0.6) is 0 Å². The van der Waals surface area contributed by atoms with Crippen molar-refractivity contribution in [3.63, 3.8) is 0 Å². The Kier molecular flexibility index (Phi) is 5.87. The number of anilines is 4. The molecule has 0 aliphatic heterocycles. The molecule has 7 nitrogen and oxygen atoms in total. The second-order valence-corrected chi connectivity index (χ2v) is 6.85. The van der Waals surface area contributed by atoms with Crippen LogP contribution in [0.1, 0.15) is 34.4 Å². The standard InChI is InChI=1S/C22H23N5O2/c1-13-8-9-14(2)19(10-13)27-21-12-20(23-15(3)24-21)22(29)26-18-7-5-6-17(11-18)25-16(4)28/h5-12H,1-4H3,(H,25,28)(H,26,29)(H,23,24,27). The van der Waals surface area contributed by atoms with Gasteiger partial charge in [-0.15, -0.1) is 0 Å². The van der Waals surface area contributed by atoms with Crippen molar-refractivity contribution in [2.45, 2.75) is 27.7 Å². The molecule has 0 radical (unpaired) electrons. The van der Waals surface area contributed by atoms with Crippen LogP contribution >= 0.6 is 0 Å². The van der Waals surface area contributed by atoms with Crippen LogP contribution in [-0.2, 0) is 4.79 Å². The van der Waals surface area contributed by atoms with Gasteiger partial charge in [-0.1, -0.05) is 18.2 Å². The van der Waals surface area contributed by atoms with E-state index in [9.17, 15) is 9.59 Å². The third kappa shape index (κ3) is 5.38. The predicted molar refractivity (Wildman–Crippen MR) is 115 cm³/mol. The summed E-state index contributed by atoms with van der Waals surface area (Å²) in [5.74, 6) is 0.488. The number of nitrogens with one attached hydrogen (secondary N) is 3. The van der Waals surface area contributed by atoms with E-state index in [-0.39, 0.29) is 17.5 Å². The van der Waals surface area contributed by atoms with Crippen molar-refractivity contribution < 1.29 is 9.59 Å². The van der Waals surface area contributed by atoms with Crippen molar-refractivity contribution in [2.24, 2.45) is 0 Å². The van der Waals surface area contributed by atoms with Gasteiger partial charge in [-0.3, -0.25) is 9.59 Å². The second-order valence-electron chi connectivity index (χ2n) is 6.85. The highest BCUT2D eigenvalue weighted by Gasteiger charge is 2.12. The molecule has 2 amide bonds. The van der Waals surface area contributed by atoms with Crippen molar-refractivity contribution in [3.05, 3.63) is 71.2 Å². The van der Waals surface area contributed by atoms with E-state index in [4.69, 9.17) is 0 Å². The molecule has 3 aromatic rings. The Labute approximate surface area is 169 Å². The van der Waals surface area contributed by atoms with Gasteiger partial charge in [-0.05, 0) is 56.2 Å². The number of amides is 2. The second kappa shape index (κ2) is 8.52. The average molecular weight is 389 g/mol. The van der Waals surface area contributed by atoms with E-state index in [0.29, 0.717) is 23.0 Å². The average Bonchev–Trinajstić information content (AvgIpc) is 2.64. The molecule has 0 spiro atoms. The molecule has 1 aromatic heterocycles. The molecule has 1 heterocycles. The van der Waals surface area contributed by atoms with E-state index in [1.54, 1.807) is 37.3 Å². The topological polar surface area (TPSA) is 96.0 Å². The zero-order valence-corrected chi connectivity index (χ0v) is 16.8. The summed E-state index contributed by atoms with van der Waals surface area (Å²) < 4.78 is 0. The van der Waals surface area contributed by atoms with E-state index >= 15 is 0 Å². The molecular weight excluding hydrogens is 366 g/mol. The third-order valence-corrected chi connectivity index (χ3v) is 4.17. The van der Waals surface area contributed by atoms with E-state index in [1.807, 2.05) is 32.0 Å². The smallest absolute Gasteiger partial charge is 0.274 e. The first-order chi connectivity index (χ1) is 13.8. The van der Waals surface area contributed by atoms with Crippen LogP contribution in [0.2, 0.25) is 0 Å². The van der Waals surface area contributed by atoms with Crippen molar-refractivity contribution in [1.82, 2.24) is 9.97 Å². The Morgan fingerprint density at radius 3 is 2.31 bits per heavy atom. The number of hydrogen-bond donors (Lipinski definition) is 3. The molecule has 0 saturated heterocycles. The summed E-state index contributed by atoms with van der Waals surface area (Å²) in [5.41, 5.74) is 4.54. The van der Waals surface area contributed by atoms with Crippen LogP contribution in [0.4, 0.5) is 22.9 Å². The van der Waals surface area contributed by atoms with Crippen LogP contribution < -0.4 is 16.0 Å². The highest BCUT2D eigenvalue weighted by atomic mass is 16.2. The number of nitrogens with zero attached hydrogens (tertiary/aromatic N) is 2. The molecule has 29 heavy (non-hydrogen) atoms. The molecular formula is C22H23N5O2. The molecule has 7 heteroatoms. The van der Waals surface area contributed by atoms with Crippen LogP contribution in [-0.4, -0.2) is 21.8 Å². The maximum absolute atomic E-state index is 12.7. The molecule has 3 rings (SSSR count). The highest BCUT2D eigenvalue weighted by Crippen LogP contribution is 2.22. The van der Waals surface area contributed by atoms with Crippen molar-refractivity contribution in [2.75, 3.05) is 16.0 Å². The van der Waals surface area contributed by atoms with Crippen LogP contribution in [0.25, 0.3) is 0 Å². The van der Waals surface area contributed by atoms with Crippen LogP contribution in [0, 0.1) is 20.8 Å². The summed E-state index contributed by atoms with van der Waals surface area (Å²) >= 11 is 0. The molecule has 0 aliphatic rings. The zero-order chi connectivity index (χ0) is 21.0. The van der Waals surface area contributed by atoms with Crippen molar-refractivity contribution in [1.29, 1.82) is 0 Å². The Balaban J connectivity index is 1.81. The molecule has 0 unspecified atom stereocenters. The quantitative estimate of drug-likeness (QED) is 0.603. The van der Waals surface area contributed by atoms with E-state index in [2.05, 4.69) is 25.9 Å². The van der Waals surface area contributed by atoms with Gasteiger partial charge in [0, 0.05) is 30.1 Å². The van der Waals surface area contributed by atoms with Gasteiger partial charge in [0.1, 0.15) is 17.3 Å². The number of benzene rings is 2. The number of rotatable bonds is 5. The van der Waals surface area contributed by atoms with E-state index < -0.39 is 0 Å². The predicted octanol–water partition coefficient (Wildman–Crippen LogP) is 4.36. The van der Waals surface area contributed by atoms with Gasteiger partial charge >= 0.3 is 0 Å². The Hall–Kier alpha value is -3.74. The third-order valence-electron chi connectivity index (χ3n) is 4.17. The Morgan fingerprint density at radius 1 is 0.862 bits per heavy atom. The first-order valence-corrected chi connectivity index (χ1v) is 9.19. The summed E-state index contributed by atoms with van der Waals surface area (Å²) in [4.78, 5) is 32.6. The zero-order valence-electron chi connectivity index (χ0n) is 16.8. The van der Waals surface area contributed by atoms with Gasteiger partial charge in [0.05, 0.1) is 0 Å². The molecule has 2 aromatic carbocycles. The molecule has 3 N–H and O–H groups in total. The summed E-state index contributed by atoms with van der Waals surface area (Å²) in [6, 6.07) is 14.6. The maximum Gasteiger partial charge on any atom is 0.274 e. The van der Waals surface area contributed by atoms with Crippen molar-refractivity contribution in [3.8, 4) is 0 Å². The van der Waals surface area contributed by atoms with Gasteiger partial charge < -0.3 is 16.0 Å². The molecule has 0 bridgehead atoms. The fourth-order valence-electron chi connectivity index (χ4n) is 2.83. The Morgan fingerprint density at radius 2 is 1.59 bits per heavy atom. The Bertz CT molecular complexity index is 1080. The first-order valence-electron chi connectivity index (χ1n) is 9.19. The fraction of sp³-hybridized carbons (Fsp3) is 0.182. The number of carbonyl (C=O) groups is 2. The minimum Gasteiger partial charge on any atom is -0.340 e. The van der Waals surface area contributed by atoms with Crippen molar-refractivity contribution >= 4 is 34.7 Å². The highest BCUT2D eigenvalue weighted by molar-refractivity contribution is 6.03. The summed E-state index contributed by atoms with van der Waals surface area (Å²) in [6.07, 6.45) is 0. The number of aryl methyl sites for hydroxylation is 3. The lowest BCUT2D eigenvalue weighted by Gasteiger charge is -2.12. The van der Waals surface area contributed by atoms with Gasteiger partial charge in [0.25, 0.3) is 5.91 Å². The van der Waals surface area contributed by atoms with E-state index in [0.717, 1.165) is 16.8 Å². The fourth-order valence-corrected chi connectivity index (χ4v) is 2.83. The lowest BCUT2D eigenvalue weighted by atomic mass is 10.1. The van der Waals surface area contributed by atoms with Gasteiger partial charge in [-0.25, -0.2) is 9.97 Å². The van der Waals surface area contributed by atoms with E-state index in [1.165, 1.54) is 6.92 Å². The monoisotopic (exact) mass is 389 g/mol.